The first-order valence-corrected chi connectivity index (χ1v) is 9.45. The van der Waals surface area contributed by atoms with Crippen molar-refractivity contribution < 1.29 is 13.9 Å². The maximum atomic E-state index is 12.3. The number of carbonyl (C=O) groups excluding carboxylic acids is 1. The lowest BCUT2D eigenvalue weighted by Gasteiger charge is -2.21. The highest BCUT2D eigenvalue weighted by Gasteiger charge is 2.20. The van der Waals surface area contributed by atoms with Gasteiger partial charge in [0.2, 0.25) is 0 Å². The Labute approximate surface area is 155 Å². The quantitative estimate of drug-likeness (QED) is 0.781. The van der Waals surface area contributed by atoms with Crippen molar-refractivity contribution in [1.29, 1.82) is 0 Å². The van der Waals surface area contributed by atoms with Crippen LogP contribution in [0.1, 0.15) is 49.3 Å². The Morgan fingerprint density at radius 3 is 2.69 bits per heavy atom. The van der Waals surface area contributed by atoms with Crippen molar-refractivity contribution >= 4 is 5.91 Å². The minimum atomic E-state index is 0.0735. The second kappa shape index (κ2) is 8.90. The predicted octanol–water partition coefficient (Wildman–Crippen LogP) is 3.83. The molecule has 0 radical (unpaired) electrons. The molecule has 1 aromatic heterocycles. The number of furan rings is 1. The molecule has 1 atom stereocenters. The molecule has 26 heavy (non-hydrogen) atoms. The van der Waals surface area contributed by atoms with E-state index in [4.69, 9.17) is 9.15 Å². The van der Waals surface area contributed by atoms with Gasteiger partial charge in [-0.25, -0.2) is 0 Å². The molecule has 1 unspecified atom stereocenters. The number of benzene rings is 1. The van der Waals surface area contributed by atoms with E-state index >= 15 is 0 Å². The Hall–Kier alpha value is -2.27. The number of ether oxygens (including phenoxy) is 1. The van der Waals surface area contributed by atoms with E-state index in [9.17, 15) is 4.79 Å². The van der Waals surface area contributed by atoms with E-state index in [2.05, 4.69) is 18.3 Å². The number of nitrogens with zero attached hydrogens (tertiary/aromatic N) is 1. The number of rotatable bonds is 8. The van der Waals surface area contributed by atoms with Crippen molar-refractivity contribution in [3.05, 3.63) is 53.5 Å². The van der Waals surface area contributed by atoms with Gasteiger partial charge in [-0.2, -0.15) is 0 Å². The molecule has 0 saturated carbocycles. The van der Waals surface area contributed by atoms with E-state index in [0.29, 0.717) is 6.54 Å². The summed E-state index contributed by atoms with van der Waals surface area (Å²) in [6, 6.07) is 12.1. The zero-order valence-corrected chi connectivity index (χ0v) is 15.7. The summed E-state index contributed by atoms with van der Waals surface area (Å²) >= 11 is 0. The van der Waals surface area contributed by atoms with Gasteiger partial charge in [0.05, 0.1) is 6.54 Å². The van der Waals surface area contributed by atoms with Gasteiger partial charge >= 0.3 is 0 Å². The monoisotopic (exact) mass is 356 g/mol. The summed E-state index contributed by atoms with van der Waals surface area (Å²) in [6.07, 6.45) is 3.10. The molecule has 0 spiro atoms. The number of likely N-dealkylation sites (tertiary alicyclic amines) is 1. The van der Waals surface area contributed by atoms with Crippen LogP contribution in [-0.2, 0) is 11.3 Å². The van der Waals surface area contributed by atoms with E-state index in [0.717, 1.165) is 55.2 Å². The van der Waals surface area contributed by atoms with Crippen LogP contribution in [0.5, 0.6) is 5.75 Å². The van der Waals surface area contributed by atoms with Crippen LogP contribution in [0.25, 0.3) is 0 Å². The molecular weight excluding hydrogens is 328 g/mol. The minimum absolute atomic E-state index is 0.0735. The number of hydrogen-bond acceptors (Lipinski definition) is 4. The van der Waals surface area contributed by atoms with E-state index in [1.54, 1.807) is 0 Å². The number of carbonyl (C=O) groups is 1. The van der Waals surface area contributed by atoms with Gasteiger partial charge in [-0.05, 0) is 44.4 Å². The van der Waals surface area contributed by atoms with Crippen LogP contribution in [0.4, 0.5) is 0 Å². The first kappa shape index (κ1) is 18.5. The van der Waals surface area contributed by atoms with Crippen molar-refractivity contribution in [3.8, 4) is 5.75 Å². The average Bonchev–Trinajstić information content (AvgIpc) is 3.33. The van der Waals surface area contributed by atoms with E-state index in [-0.39, 0.29) is 18.6 Å². The molecule has 1 amide bonds. The summed E-state index contributed by atoms with van der Waals surface area (Å²) < 4.78 is 11.5. The molecule has 1 N–H and O–H groups in total. The summed E-state index contributed by atoms with van der Waals surface area (Å²) in [7, 11) is 0. The second-order valence-electron chi connectivity index (χ2n) is 6.77. The van der Waals surface area contributed by atoms with Gasteiger partial charge in [0.1, 0.15) is 17.3 Å². The number of para-hydroxylation sites is 1. The lowest BCUT2D eigenvalue weighted by Crippen LogP contribution is -2.32. The van der Waals surface area contributed by atoms with Crippen LogP contribution in [-0.4, -0.2) is 30.5 Å². The van der Waals surface area contributed by atoms with Crippen LogP contribution in [0.15, 0.2) is 40.8 Å². The van der Waals surface area contributed by atoms with Gasteiger partial charge in [0, 0.05) is 24.7 Å². The van der Waals surface area contributed by atoms with E-state index < -0.39 is 0 Å². The molecule has 3 rings (SSSR count). The van der Waals surface area contributed by atoms with E-state index in [1.807, 2.05) is 42.2 Å². The second-order valence-corrected chi connectivity index (χ2v) is 6.77. The molecule has 5 nitrogen and oxygen atoms in total. The maximum absolute atomic E-state index is 12.3. The van der Waals surface area contributed by atoms with Crippen LogP contribution in [0, 0.1) is 6.92 Å². The Kier molecular flexibility index (Phi) is 6.34. The molecule has 140 valence electrons. The lowest BCUT2D eigenvalue weighted by molar-refractivity contribution is -0.132. The highest BCUT2D eigenvalue weighted by molar-refractivity contribution is 5.78. The molecule has 2 heterocycles. The molecular formula is C21H28N2O3. The first-order chi connectivity index (χ1) is 12.7. The highest BCUT2D eigenvalue weighted by atomic mass is 16.5. The topological polar surface area (TPSA) is 54.7 Å². The summed E-state index contributed by atoms with van der Waals surface area (Å²) in [5, 5.41) is 3.53. The molecule has 1 fully saturated rings. The summed E-state index contributed by atoms with van der Waals surface area (Å²) in [4.78, 5) is 14.1. The van der Waals surface area contributed by atoms with Crippen LogP contribution in [0.3, 0.4) is 0 Å². The van der Waals surface area contributed by atoms with Gasteiger partial charge in [-0.15, -0.1) is 0 Å². The Balaban J connectivity index is 1.62. The Morgan fingerprint density at radius 1 is 1.23 bits per heavy atom. The highest BCUT2D eigenvalue weighted by Crippen LogP contribution is 2.27. The molecule has 5 heteroatoms. The fourth-order valence-electron chi connectivity index (χ4n) is 3.38. The fraction of sp³-hybridized carbons (Fsp3) is 0.476. The minimum Gasteiger partial charge on any atom is -0.483 e. The lowest BCUT2D eigenvalue weighted by atomic mass is 10.0. The summed E-state index contributed by atoms with van der Waals surface area (Å²) in [5.74, 6) is 2.68. The Bertz CT molecular complexity index is 720. The van der Waals surface area contributed by atoms with Crippen molar-refractivity contribution in [2.75, 3.05) is 19.7 Å². The van der Waals surface area contributed by atoms with Gasteiger partial charge in [0.25, 0.3) is 5.91 Å². The summed E-state index contributed by atoms with van der Waals surface area (Å²) in [5.41, 5.74) is 1.08. The van der Waals surface area contributed by atoms with Crippen LogP contribution >= 0.6 is 0 Å². The van der Waals surface area contributed by atoms with Gasteiger partial charge in [-0.3, -0.25) is 4.79 Å². The fourth-order valence-corrected chi connectivity index (χ4v) is 3.38. The molecule has 0 aliphatic carbocycles. The third-order valence-electron chi connectivity index (χ3n) is 4.83. The number of hydrogen-bond donors (Lipinski definition) is 1. The largest absolute Gasteiger partial charge is 0.483 e. The first-order valence-electron chi connectivity index (χ1n) is 9.45. The third-order valence-corrected chi connectivity index (χ3v) is 4.83. The van der Waals surface area contributed by atoms with Crippen LogP contribution in [0.2, 0.25) is 0 Å². The van der Waals surface area contributed by atoms with Crippen molar-refractivity contribution in [1.82, 2.24) is 10.2 Å². The average molecular weight is 356 g/mol. The van der Waals surface area contributed by atoms with Crippen LogP contribution < -0.4 is 10.1 Å². The molecule has 1 aromatic carbocycles. The number of amides is 1. The SMILES string of the molecule is CCC(NCc1ccc(C)o1)c1ccccc1OCC(=O)N1CCCC1. The molecule has 1 saturated heterocycles. The predicted molar refractivity (Wildman–Crippen MR) is 101 cm³/mol. The van der Waals surface area contributed by atoms with Crippen molar-refractivity contribution in [3.63, 3.8) is 0 Å². The van der Waals surface area contributed by atoms with E-state index in [1.165, 1.54) is 0 Å². The smallest absolute Gasteiger partial charge is 0.260 e. The number of nitrogens with one attached hydrogen (secondary N) is 1. The van der Waals surface area contributed by atoms with Gasteiger partial charge < -0.3 is 19.4 Å². The van der Waals surface area contributed by atoms with Gasteiger partial charge in [-0.1, -0.05) is 25.1 Å². The van der Waals surface area contributed by atoms with Gasteiger partial charge in [0.15, 0.2) is 6.61 Å². The zero-order chi connectivity index (χ0) is 18.4. The normalized spacial score (nSPS) is 15.2. The third kappa shape index (κ3) is 4.67. The standard InChI is InChI=1S/C21H28N2O3/c1-3-19(22-14-17-11-10-16(2)26-17)18-8-4-5-9-20(18)25-15-21(24)23-12-6-7-13-23/h4-5,8-11,19,22H,3,6-7,12-15H2,1-2H3. The Morgan fingerprint density at radius 2 is 2.00 bits per heavy atom. The molecule has 0 bridgehead atoms. The molecule has 1 aliphatic heterocycles. The summed E-state index contributed by atoms with van der Waals surface area (Å²) in [6.45, 7) is 6.55. The zero-order valence-electron chi connectivity index (χ0n) is 15.7. The number of aryl methyl sites for hydroxylation is 1. The van der Waals surface area contributed by atoms with Crippen molar-refractivity contribution in [2.45, 2.75) is 45.7 Å². The molecule has 2 aromatic rings. The van der Waals surface area contributed by atoms with Crippen molar-refractivity contribution in [2.24, 2.45) is 0 Å². The maximum Gasteiger partial charge on any atom is 0.260 e. The molecule has 1 aliphatic rings.